The number of carbonyl (C=O) groups is 2. The van der Waals surface area contributed by atoms with E-state index in [1.807, 2.05) is 32.0 Å². The standard InChI is InChI=1S/C14H19NO3/c1-5-18-14(17)13(16)15(4)9-12-7-6-10(2)11(3)8-12/h6-8H,5,9H2,1-4H3. The van der Waals surface area contributed by atoms with Crippen molar-refractivity contribution < 1.29 is 14.3 Å². The first-order chi connectivity index (χ1) is 8.45. The summed E-state index contributed by atoms with van der Waals surface area (Å²) in [5.41, 5.74) is 3.38. The number of hydrogen-bond donors (Lipinski definition) is 0. The number of nitrogens with zero attached hydrogens (tertiary/aromatic N) is 1. The first-order valence-electron chi connectivity index (χ1n) is 5.94. The maximum absolute atomic E-state index is 11.6. The van der Waals surface area contributed by atoms with E-state index in [2.05, 4.69) is 4.74 Å². The summed E-state index contributed by atoms with van der Waals surface area (Å²) in [5.74, 6) is -1.42. The predicted molar refractivity (Wildman–Crippen MR) is 69.0 cm³/mol. The lowest BCUT2D eigenvalue weighted by Crippen LogP contribution is -2.34. The maximum Gasteiger partial charge on any atom is 0.397 e. The fourth-order valence-corrected chi connectivity index (χ4v) is 1.60. The summed E-state index contributed by atoms with van der Waals surface area (Å²) in [7, 11) is 1.59. The molecule has 1 aromatic rings. The van der Waals surface area contributed by atoms with Crippen molar-refractivity contribution in [2.24, 2.45) is 0 Å². The van der Waals surface area contributed by atoms with Gasteiger partial charge in [0, 0.05) is 13.6 Å². The Bertz CT molecular complexity index is 454. The van der Waals surface area contributed by atoms with Crippen LogP contribution >= 0.6 is 0 Å². The van der Waals surface area contributed by atoms with E-state index in [0.717, 1.165) is 5.56 Å². The molecule has 18 heavy (non-hydrogen) atoms. The van der Waals surface area contributed by atoms with Crippen LogP contribution < -0.4 is 0 Å². The molecule has 0 saturated heterocycles. The van der Waals surface area contributed by atoms with Crippen LogP contribution in [0.3, 0.4) is 0 Å². The van der Waals surface area contributed by atoms with Gasteiger partial charge < -0.3 is 9.64 Å². The molecule has 1 amide bonds. The van der Waals surface area contributed by atoms with Crippen molar-refractivity contribution in [2.45, 2.75) is 27.3 Å². The zero-order valence-corrected chi connectivity index (χ0v) is 11.3. The minimum absolute atomic E-state index is 0.210. The minimum atomic E-state index is -0.802. The van der Waals surface area contributed by atoms with Gasteiger partial charge in [-0.15, -0.1) is 0 Å². The van der Waals surface area contributed by atoms with E-state index in [1.165, 1.54) is 16.0 Å². The number of ether oxygens (including phenoxy) is 1. The van der Waals surface area contributed by atoms with Crippen LogP contribution in [0.25, 0.3) is 0 Å². The van der Waals surface area contributed by atoms with E-state index in [0.29, 0.717) is 6.54 Å². The summed E-state index contributed by atoms with van der Waals surface area (Å²) in [6.07, 6.45) is 0. The van der Waals surface area contributed by atoms with Crippen molar-refractivity contribution in [1.29, 1.82) is 0 Å². The molecule has 0 radical (unpaired) electrons. The Kier molecular flexibility index (Phi) is 4.89. The highest BCUT2D eigenvalue weighted by Gasteiger charge is 2.19. The van der Waals surface area contributed by atoms with Crippen molar-refractivity contribution in [1.82, 2.24) is 4.90 Å². The zero-order chi connectivity index (χ0) is 13.7. The van der Waals surface area contributed by atoms with Crippen LogP contribution in [0.1, 0.15) is 23.6 Å². The predicted octanol–water partition coefficient (Wildman–Crippen LogP) is 1.82. The quantitative estimate of drug-likeness (QED) is 0.606. The number of hydrogen-bond acceptors (Lipinski definition) is 3. The Morgan fingerprint density at radius 1 is 1.22 bits per heavy atom. The van der Waals surface area contributed by atoms with Crippen molar-refractivity contribution in [3.8, 4) is 0 Å². The van der Waals surface area contributed by atoms with Crippen LogP contribution in [-0.4, -0.2) is 30.4 Å². The number of rotatable bonds is 3. The van der Waals surface area contributed by atoms with Crippen molar-refractivity contribution in [2.75, 3.05) is 13.7 Å². The average molecular weight is 249 g/mol. The van der Waals surface area contributed by atoms with E-state index in [9.17, 15) is 9.59 Å². The molecule has 0 saturated carbocycles. The summed E-state index contributed by atoms with van der Waals surface area (Å²) >= 11 is 0. The minimum Gasteiger partial charge on any atom is -0.459 e. The summed E-state index contributed by atoms with van der Waals surface area (Å²) in [5, 5.41) is 0. The lowest BCUT2D eigenvalue weighted by molar-refractivity contribution is -0.159. The van der Waals surface area contributed by atoms with Crippen LogP contribution in [0.5, 0.6) is 0 Å². The third kappa shape index (κ3) is 3.58. The van der Waals surface area contributed by atoms with E-state index in [1.54, 1.807) is 14.0 Å². The Labute approximate surface area is 108 Å². The first-order valence-corrected chi connectivity index (χ1v) is 5.94. The van der Waals surface area contributed by atoms with Gasteiger partial charge in [-0.1, -0.05) is 18.2 Å². The summed E-state index contributed by atoms with van der Waals surface area (Å²) in [4.78, 5) is 24.3. The third-order valence-electron chi connectivity index (χ3n) is 2.79. The van der Waals surface area contributed by atoms with Gasteiger partial charge in [0.05, 0.1) is 6.61 Å². The number of esters is 1. The number of aryl methyl sites for hydroxylation is 2. The topological polar surface area (TPSA) is 46.6 Å². The molecule has 98 valence electrons. The molecule has 0 unspecified atom stereocenters. The van der Waals surface area contributed by atoms with Gasteiger partial charge in [0.2, 0.25) is 0 Å². The smallest absolute Gasteiger partial charge is 0.397 e. The Hall–Kier alpha value is -1.84. The van der Waals surface area contributed by atoms with Crippen molar-refractivity contribution in [3.63, 3.8) is 0 Å². The van der Waals surface area contributed by atoms with Crippen LogP contribution in [0.4, 0.5) is 0 Å². The highest BCUT2D eigenvalue weighted by atomic mass is 16.5. The van der Waals surface area contributed by atoms with Gasteiger partial charge in [-0.3, -0.25) is 4.79 Å². The lowest BCUT2D eigenvalue weighted by Gasteiger charge is -2.16. The van der Waals surface area contributed by atoms with Gasteiger partial charge >= 0.3 is 11.9 Å². The van der Waals surface area contributed by atoms with Gasteiger partial charge in [0.25, 0.3) is 0 Å². The van der Waals surface area contributed by atoms with Crippen molar-refractivity contribution in [3.05, 3.63) is 34.9 Å². The van der Waals surface area contributed by atoms with E-state index < -0.39 is 11.9 Å². The van der Waals surface area contributed by atoms with E-state index in [-0.39, 0.29) is 6.61 Å². The van der Waals surface area contributed by atoms with Crippen LogP contribution in [0, 0.1) is 13.8 Å². The molecule has 0 aliphatic heterocycles. The molecule has 0 N–H and O–H groups in total. The molecule has 0 aromatic heterocycles. The summed E-state index contributed by atoms with van der Waals surface area (Å²) < 4.78 is 4.68. The molecular formula is C14H19NO3. The third-order valence-corrected chi connectivity index (χ3v) is 2.79. The van der Waals surface area contributed by atoms with Crippen molar-refractivity contribution >= 4 is 11.9 Å². The summed E-state index contributed by atoms with van der Waals surface area (Å²) in [6, 6.07) is 5.98. The normalized spacial score (nSPS) is 10.0. The van der Waals surface area contributed by atoms with Crippen LogP contribution in [-0.2, 0) is 20.9 Å². The Morgan fingerprint density at radius 3 is 2.44 bits per heavy atom. The van der Waals surface area contributed by atoms with Gasteiger partial charge in [-0.2, -0.15) is 0 Å². The van der Waals surface area contributed by atoms with Gasteiger partial charge in [-0.25, -0.2) is 4.79 Å². The fourth-order valence-electron chi connectivity index (χ4n) is 1.60. The molecule has 0 heterocycles. The second-order valence-corrected chi connectivity index (χ2v) is 4.30. The lowest BCUT2D eigenvalue weighted by atomic mass is 10.1. The SMILES string of the molecule is CCOC(=O)C(=O)N(C)Cc1ccc(C)c(C)c1. The number of benzene rings is 1. The monoisotopic (exact) mass is 249 g/mol. The molecule has 0 aliphatic rings. The second-order valence-electron chi connectivity index (χ2n) is 4.30. The zero-order valence-electron chi connectivity index (χ0n) is 11.3. The maximum atomic E-state index is 11.6. The summed E-state index contributed by atoms with van der Waals surface area (Å²) in [6.45, 7) is 6.34. The highest BCUT2D eigenvalue weighted by molar-refractivity contribution is 6.32. The van der Waals surface area contributed by atoms with E-state index >= 15 is 0 Å². The first kappa shape index (κ1) is 14.2. The number of likely N-dealkylation sites (N-methyl/N-ethyl adjacent to an activating group) is 1. The molecule has 0 aliphatic carbocycles. The molecule has 1 aromatic carbocycles. The largest absolute Gasteiger partial charge is 0.459 e. The molecule has 4 nitrogen and oxygen atoms in total. The number of amides is 1. The molecule has 0 spiro atoms. The van der Waals surface area contributed by atoms with E-state index in [4.69, 9.17) is 0 Å². The van der Waals surface area contributed by atoms with Crippen LogP contribution in [0.2, 0.25) is 0 Å². The molecule has 0 fully saturated rings. The van der Waals surface area contributed by atoms with Gasteiger partial charge in [0.15, 0.2) is 0 Å². The van der Waals surface area contributed by atoms with Gasteiger partial charge in [-0.05, 0) is 37.5 Å². The molecule has 1 rings (SSSR count). The molecule has 0 atom stereocenters. The Balaban J connectivity index is 2.69. The molecular weight excluding hydrogens is 230 g/mol. The fraction of sp³-hybridized carbons (Fsp3) is 0.429. The molecule has 4 heteroatoms. The Morgan fingerprint density at radius 2 is 1.89 bits per heavy atom. The highest BCUT2D eigenvalue weighted by Crippen LogP contribution is 2.11. The van der Waals surface area contributed by atoms with Gasteiger partial charge in [0.1, 0.15) is 0 Å². The molecule has 0 bridgehead atoms. The average Bonchev–Trinajstić information content (AvgIpc) is 2.33. The number of carbonyl (C=O) groups excluding carboxylic acids is 2. The second kappa shape index (κ2) is 6.19. The van der Waals surface area contributed by atoms with Crippen LogP contribution in [0.15, 0.2) is 18.2 Å².